The monoisotopic (exact) mass is 246 g/mol. The Labute approximate surface area is 111 Å². The summed E-state index contributed by atoms with van der Waals surface area (Å²) in [6.45, 7) is 5.15. The highest BCUT2D eigenvalue weighted by molar-refractivity contribution is 5.47. The van der Waals surface area contributed by atoms with Gasteiger partial charge >= 0.3 is 0 Å². The minimum Gasteiger partial charge on any atom is -0.378 e. The molecule has 1 aliphatic carbocycles. The van der Waals surface area contributed by atoms with Gasteiger partial charge in [-0.2, -0.15) is 0 Å². The predicted octanol–water partition coefficient (Wildman–Crippen LogP) is 3.70. The predicted molar refractivity (Wildman–Crippen MR) is 78.8 cm³/mol. The lowest BCUT2D eigenvalue weighted by Gasteiger charge is -2.40. The molecular formula is C16H26N2. The molecule has 0 aromatic heterocycles. The average molecular weight is 246 g/mol. The molecule has 18 heavy (non-hydrogen) atoms. The number of hydrogen-bond donors (Lipinski definition) is 2. The number of hydrogen-bond acceptors (Lipinski definition) is 2. The van der Waals surface area contributed by atoms with Crippen LogP contribution in [0.25, 0.3) is 0 Å². The molecule has 100 valence electrons. The van der Waals surface area contributed by atoms with Gasteiger partial charge in [0.2, 0.25) is 0 Å². The molecule has 1 fully saturated rings. The van der Waals surface area contributed by atoms with Gasteiger partial charge in [0.25, 0.3) is 0 Å². The third kappa shape index (κ3) is 3.05. The fourth-order valence-corrected chi connectivity index (χ4v) is 2.96. The molecule has 0 heterocycles. The second kappa shape index (κ2) is 5.75. The summed E-state index contributed by atoms with van der Waals surface area (Å²) in [6, 6.07) is 8.64. The van der Waals surface area contributed by atoms with Crippen molar-refractivity contribution in [3.8, 4) is 0 Å². The summed E-state index contributed by atoms with van der Waals surface area (Å²) in [7, 11) is 0. The van der Waals surface area contributed by atoms with Crippen molar-refractivity contribution in [2.45, 2.75) is 51.5 Å². The summed E-state index contributed by atoms with van der Waals surface area (Å²) >= 11 is 0. The van der Waals surface area contributed by atoms with Crippen molar-refractivity contribution in [1.29, 1.82) is 0 Å². The van der Waals surface area contributed by atoms with Gasteiger partial charge in [0, 0.05) is 17.8 Å². The molecule has 0 unspecified atom stereocenters. The van der Waals surface area contributed by atoms with E-state index < -0.39 is 0 Å². The van der Waals surface area contributed by atoms with E-state index in [1.165, 1.54) is 43.4 Å². The normalized spacial score (nSPS) is 28.1. The Kier molecular flexibility index (Phi) is 4.28. The summed E-state index contributed by atoms with van der Waals surface area (Å²) in [5.74, 6) is 0.907. The average Bonchev–Trinajstić information content (AvgIpc) is 2.42. The standard InChI is InChI=1S/C16H26N2/c1-3-14-8-10-16(12-17,11-9-14)18-15-6-4-13(2)5-7-15/h4-7,14,18H,3,8-12,17H2,1-2H3. The van der Waals surface area contributed by atoms with Crippen LogP contribution in [0.3, 0.4) is 0 Å². The maximum Gasteiger partial charge on any atom is 0.0495 e. The van der Waals surface area contributed by atoms with Crippen LogP contribution in [0.1, 0.15) is 44.6 Å². The Hall–Kier alpha value is -1.02. The van der Waals surface area contributed by atoms with Crippen molar-refractivity contribution in [2.24, 2.45) is 11.7 Å². The smallest absolute Gasteiger partial charge is 0.0495 e. The third-order valence-electron chi connectivity index (χ3n) is 4.49. The van der Waals surface area contributed by atoms with Gasteiger partial charge < -0.3 is 11.1 Å². The molecule has 3 N–H and O–H groups in total. The first-order valence-corrected chi connectivity index (χ1v) is 7.22. The summed E-state index contributed by atoms with van der Waals surface area (Å²) in [4.78, 5) is 0. The van der Waals surface area contributed by atoms with Gasteiger partial charge in [-0.1, -0.05) is 31.0 Å². The van der Waals surface area contributed by atoms with Crippen LogP contribution >= 0.6 is 0 Å². The lowest BCUT2D eigenvalue weighted by molar-refractivity contribution is 0.253. The minimum atomic E-state index is 0.126. The zero-order valence-electron chi connectivity index (χ0n) is 11.7. The lowest BCUT2D eigenvalue weighted by Crippen LogP contribution is -2.48. The van der Waals surface area contributed by atoms with E-state index in [2.05, 4.69) is 43.4 Å². The zero-order valence-corrected chi connectivity index (χ0v) is 11.7. The minimum absolute atomic E-state index is 0.126. The third-order valence-corrected chi connectivity index (χ3v) is 4.49. The Balaban J connectivity index is 2.03. The molecule has 2 heteroatoms. The highest BCUT2D eigenvalue weighted by Crippen LogP contribution is 2.35. The summed E-state index contributed by atoms with van der Waals surface area (Å²) < 4.78 is 0. The van der Waals surface area contributed by atoms with E-state index in [-0.39, 0.29) is 5.54 Å². The zero-order chi connectivity index (χ0) is 13.0. The largest absolute Gasteiger partial charge is 0.378 e. The Bertz CT molecular complexity index is 361. The second-order valence-corrected chi connectivity index (χ2v) is 5.83. The quantitative estimate of drug-likeness (QED) is 0.850. The van der Waals surface area contributed by atoms with Crippen LogP contribution in [0.2, 0.25) is 0 Å². The molecule has 1 saturated carbocycles. The van der Waals surface area contributed by atoms with Crippen molar-refractivity contribution in [2.75, 3.05) is 11.9 Å². The maximum atomic E-state index is 6.04. The SMILES string of the molecule is CCC1CCC(CN)(Nc2ccc(C)cc2)CC1. The van der Waals surface area contributed by atoms with E-state index in [9.17, 15) is 0 Å². The van der Waals surface area contributed by atoms with Crippen LogP contribution in [0, 0.1) is 12.8 Å². The van der Waals surface area contributed by atoms with Crippen LogP contribution in [-0.4, -0.2) is 12.1 Å². The van der Waals surface area contributed by atoms with E-state index in [1.54, 1.807) is 0 Å². The molecule has 1 aliphatic rings. The second-order valence-electron chi connectivity index (χ2n) is 5.83. The topological polar surface area (TPSA) is 38.0 Å². The van der Waals surface area contributed by atoms with E-state index in [0.717, 1.165) is 12.5 Å². The number of anilines is 1. The van der Waals surface area contributed by atoms with Crippen LogP contribution in [-0.2, 0) is 0 Å². The van der Waals surface area contributed by atoms with E-state index in [1.807, 2.05) is 0 Å². The van der Waals surface area contributed by atoms with E-state index in [4.69, 9.17) is 5.73 Å². The molecule has 0 radical (unpaired) electrons. The Morgan fingerprint density at radius 2 is 1.83 bits per heavy atom. The lowest BCUT2D eigenvalue weighted by atomic mass is 9.75. The van der Waals surface area contributed by atoms with Gasteiger partial charge in [0.05, 0.1) is 0 Å². The molecule has 1 aromatic carbocycles. The van der Waals surface area contributed by atoms with Crippen molar-refractivity contribution in [3.05, 3.63) is 29.8 Å². The van der Waals surface area contributed by atoms with Crippen molar-refractivity contribution in [3.63, 3.8) is 0 Å². The number of nitrogens with two attached hydrogens (primary N) is 1. The molecule has 0 spiro atoms. The van der Waals surface area contributed by atoms with Crippen molar-refractivity contribution in [1.82, 2.24) is 0 Å². The van der Waals surface area contributed by atoms with Gasteiger partial charge in [0.15, 0.2) is 0 Å². The molecule has 0 atom stereocenters. The van der Waals surface area contributed by atoms with Crippen molar-refractivity contribution >= 4 is 5.69 Å². The molecule has 2 rings (SSSR count). The van der Waals surface area contributed by atoms with Gasteiger partial charge in [-0.05, 0) is 50.7 Å². The van der Waals surface area contributed by atoms with Gasteiger partial charge in [-0.15, -0.1) is 0 Å². The highest BCUT2D eigenvalue weighted by atomic mass is 15.0. The Morgan fingerprint density at radius 3 is 2.33 bits per heavy atom. The molecular weight excluding hydrogens is 220 g/mol. The number of benzene rings is 1. The number of nitrogens with one attached hydrogen (secondary N) is 1. The molecule has 1 aromatic rings. The first kappa shape index (κ1) is 13.4. The fourth-order valence-electron chi connectivity index (χ4n) is 2.96. The summed E-state index contributed by atoms with van der Waals surface area (Å²) in [5.41, 5.74) is 8.68. The Morgan fingerprint density at radius 1 is 1.22 bits per heavy atom. The van der Waals surface area contributed by atoms with E-state index >= 15 is 0 Å². The van der Waals surface area contributed by atoms with Crippen molar-refractivity contribution < 1.29 is 0 Å². The number of aryl methyl sites for hydroxylation is 1. The fraction of sp³-hybridized carbons (Fsp3) is 0.625. The first-order valence-electron chi connectivity index (χ1n) is 7.22. The maximum absolute atomic E-state index is 6.04. The molecule has 0 saturated heterocycles. The van der Waals surface area contributed by atoms with E-state index in [0.29, 0.717) is 0 Å². The first-order chi connectivity index (χ1) is 8.67. The van der Waals surface area contributed by atoms with Crippen LogP contribution in [0.5, 0.6) is 0 Å². The van der Waals surface area contributed by atoms with Gasteiger partial charge in [-0.25, -0.2) is 0 Å². The molecule has 0 amide bonds. The highest BCUT2D eigenvalue weighted by Gasteiger charge is 2.33. The molecule has 0 aliphatic heterocycles. The van der Waals surface area contributed by atoms with Crippen LogP contribution < -0.4 is 11.1 Å². The van der Waals surface area contributed by atoms with Crippen LogP contribution in [0.4, 0.5) is 5.69 Å². The van der Waals surface area contributed by atoms with Crippen LogP contribution in [0.15, 0.2) is 24.3 Å². The number of rotatable bonds is 4. The van der Waals surface area contributed by atoms with Gasteiger partial charge in [-0.3, -0.25) is 0 Å². The molecule has 0 bridgehead atoms. The summed E-state index contributed by atoms with van der Waals surface area (Å²) in [5, 5.41) is 3.69. The van der Waals surface area contributed by atoms with Gasteiger partial charge in [0.1, 0.15) is 0 Å². The summed E-state index contributed by atoms with van der Waals surface area (Å²) in [6.07, 6.45) is 6.34. The molecule has 2 nitrogen and oxygen atoms in total.